The second-order valence-corrected chi connectivity index (χ2v) is 11.5. The first-order valence-electron chi connectivity index (χ1n) is 13.4. The minimum Gasteiger partial charge on any atom is -0.317 e. The van der Waals surface area contributed by atoms with Crippen LogP contribution in [-0.4, -0.2) is 40.5 Å². The molecule has 1 fully saturated rings. The number of carbonyl (C=O) groups is 2. The van der Waals surface area contributed by atoms with Crippen LogP contribution in [0.3, 0.4) is 0 Å². The number of piperidine rings is 1. The minimum absolute atomic E-state index is 0.300. The average Bonchev–Trinajstić information content (AvgIpc) is 3.26. The third-order valence-electron chi connectivity index (χ3n) is 6.02. The maximum atomic E-state index is 10.9. The SMILES string of the molecule is BrCCCCCCCCBr.C1CCNCC1.Clc1ccc2c(Cl)ccnc2c1.O=C1NC(=O)c2ccccc21. The highest BCUT2D eigenvalue weighted by Gasteiger charge is 2.25. The van der Waals surface area contributed by atoms with Crippen molar-refractivity contribution >= 4 is 77.8 Å². The Morgan fingerprint density at radius 1 is 0.744 bits per heavy atom. The van der Waals surface area contributed by atoms with Crippen molar-refractivity contribution in [2.75, 3.05) is 23.7 Å². The standard InChI is InChI=1S/C9H5Cl2N.C8H16Br2.C8H5NO2.C5H11N/c10-6-1-2-7-8(11)3-4-12-9(7)5-6;9-7-5-3-1-2-4-6-8-10;10-7-5-3-1-2-4-6(5)8(11)9-7;1-2-4-6-5-3-1/h1-5H;1-8H2;1-4H,(H,9,10,11);6H,1-5H2. The van der Waals surface area contributed by atoms with Crippen LogP contribution in [-0.2, 0) is 0 Å². The van der Waals surface area contributed by atoms with Crippen molar-refractivity contribution in [1.82, 2.24) is 15.6 Å². The van der Waals surface area contributed by atoms with E-state index in [9.17, 15) is 9.59 Å². The summed E-state index contributed by atoms with van der Waals surface area (Å²) in [6, 6.07) is 14.0. The van der Waals surface area contributed by atoms with E-state index >= 15 is 0 Å². The first-order valence-corrected chi connectivity index (χ1v) is 16.4. The third-order valence-corrected chi connectivity index (χ3v) is 7.71. The summed E-state index contributed by atoms with van der Waals surface area (Å²) in [5.74, 6) is -0.601. The number of carbonyl (C=O) groups excluding carboxylic acids is 2. The fourth-order valence-electron chi connectivity index (χ4n) is 3.90. The molecule has 0 unspecified atom stereocenters. The van der Waals surface area contributed by atoms with Crippen LogP contribution in [0.5, 0.6) is 0 Å². The van der Waals surface area contributed by atoms with E-state index in [1.54, 1.807) is 48.7 Å². The van der Waals surface area contributed by atoms with Crippen molar-refractivity contribution in [3.05, 3.63) is 75.9 Å². The Balaban J connectivity index is 0.000000187. The lowest BCUT2D eigenvalue weighted by atomic mass is 10.1. The highest BCUT2D eigenvalue weighted by Crippen LogP contribution is 2.23. The quantitative estimate of drug-likeness (QED) is 0.147. The van der Waals surface area contributed by atoms with E-state index in [0.717, 1.165) is 10.9 Å². The van der Waals surface area contributed by atoms with Gasteiger partial charge >= 0.3 is 0 Å². The Morgan fingerprint density at radius 3 is 1.79 bits per heavy atom. The van der Waals surface area contributed by atoms with Gasteiger partial charge in [-0.25, -0.2) is 0 Å². The van der Waals surface area contributed by atoms with Crippen molar-refractivity contribution in [2.45, 2.75) is 57.8 Å². The molecule has 2 aromatic carbocycles. The minimum atomic E-state index is -0.300. The molecular formula is C30H37Br2Cl2N3O2. The largest absolute Gasteiger partial charge is 0.317 e. The number of amides is 2. The van der Waals surface area contributed by atoms with Gasteiger partial charge in [0.2, 0.25) is 0 Å². The molecule has 3 aromatic rings. The van der Waals surface area contributed by atoms with Crippen LogP contribution < -0.4 is 10.6 Å². The third kappa shape index (κ3) is 13.1. The summed E-state index contributed by atoms with van der Waals surface area (Å²) in [6.07, 6.45) is 14.2. The predicted molar refractivity (Wildman–Crippen MR) is 172 cm³/mol. The maximum Gasteiger partial charge on any atom is 0.258 e. The Kier molecular flexibility index (Phi) is 17.6. The molecule has 0 spiro atoms. The smallest absolute Gasteiger partial charge is 0.258 e. The molecule has 1 saturated heterocycles. The Morgan fingerprint density at radius 2 is 1.31 bits per heavy atom. The van der Waals surface area contributed by atoms with E-state index in [1.165, 1.54) is 81.5 Å². The monoisotopic (exact) mass is 699 g/mol. The number of hydrogen-bond acceptors (Lipinski definition) is 4. The lowest BCUT2D eigenvalue weighted by Crippen LogP contribution is -2.21. The number of nitrogens with zero attached hydrogens (tertiary/aromatic N) is 1. The number of rotatable bonds is 7. The van der Waals surface area contributed by atoms with Crippen molar-refractivity contribution in [1.29, 1.82) is 0 Å². The van der Waals surface area contributed by atoms with Crippen LogP contribution in [0.1, 0.15) is 78.5 Å². The molecule has 0 atom stereocenters. The molecule has 2 aliphatic heterocycles. The van der Waals surface area contributed by atoms with Gasteiger partial charge in [0.1, 0.15) is 0 Å². The van der Waals surface area contributed by atoms with Crippen LogP contribution in [0.4, 0.5) is 0 Å². The second-order valence-electron chi connectivity index (χ2n) is 9.09. The van der Waals surface area contributed by atoms with Gasteiger partial charge < -0.3 is 5.32 Å². The van der Waals surface area contributed by atoms with Crippen LogP contribution in [0.2, 0.25) is 10.0 Å². The summed E-state index contributed by atoms with van der Waals surface area (Å²) >= 11 is 18.6. The zero-order chi connectivity index (χ0) is 28.3. The van der Waals surface area contributed by atoms with Crippen molar-refractivity contribution in [2.24, 2.45) is 0 Å². The molecule has 0 saturated carbocycles. The molecule has 5 nitrogen and oxygen atoms in total. The Bertz CT molecular complexity index is 1110. The number of nitrogens with one attached hydrogen (secondary N) is 2. The van der Waals surface area contributed by atoms with Gasteiger partial charge in [-0.15, -0.1) is 0 Å². The lowest BCUT2D eigenvalue weighted by molar-refractivity contribution is 0.0879. The van der Waals surface area contributed by atoms with E-state index in [-0.39, 0.29) is 11.8 Å². The van der Waals surface area contributed by atoms with Crippen LogP contribution in [0.25, 0.3) is 10.9 Å². The Labute approximate surface area is 259 Å². The molecule has 2 aliphatic rings. The summed E-state index contributed by atoms with van der Waals surface area (Å²) in [4.78, 5) is 26.0. The van der Waals surface area contributed by atoms with Gasteiger partial charge in [0, 0.05) is 27.3 Å². The molecule has 0 aliphatic carbocycles. The normalized spacial score (nSPS) is 13.6. The van der Waals surface area contributed by atoms with Crippen LogP contribution >= 0.6 is 55.1 Å². The zero-order valence-electron chi connectivity index (χ0n) is 22.2. The van der Waals surface area contributed by atoms with E-state index in [4.69, 9.17) is 23.2 Å². The Hall–Kier alpha value is -1.51. The molecule has 5 rings (SSSR count). The first kappa shape index (κ1) is 33.7. The van der Waals surface area contributed by atoms with E-state index in [2.05, 4.69) is 47.5 Å². The van der Waals surface area contributed by atoms with Gasteiger partial charge in [-0.3, -0.25) is 19.9 Å². The number of pyridine rings is 1. The van der Waals surface area contributed by atoms with Gasteiger partial charge in [-0.05, 0) is 75.2 Å². The van der Waals surface area contributed by atoms with E-state index in [1.807, 2.05) is 6.07 Å². The molecule has 39 heavy (non-hydrogen) atoms. The van der Waals surface area contributed by atoms with E-state index < -0.39 is 0 Å². The number of aromatic nitrogens is 1. The highest BCUT2D eigenvalue weighted by atomic mass is 79.9. The number of alkyl halides is 2. The number of unbranched alkanes of at least 4 members (excludes halogenated alkanes) is 5. The number of halogens is 4. The molecule has 212 valence electrons. The lowest BCUT2D eigenvalue weighted by Gasteiger charge is -2.08. The summed E-state index contributed by atoms with van der Waals surface area (Å²) in [7, 11) is 0. The number of benzene rings is 2. The van der Waals surface area contributed by atoms with Crippen LogP contribution in [0, 0.1) is 0 Å². The van der Waals surface area contributed by atoms with Crippen molar-refractivity contribution in [3.8, 4) is 0 Å². The van der Waals surface area contributed by atoms with Gasteiger partial charge in [0.05, 0.1) is 21.7 Å². The van der Waals surface area contributed by atoms with Gasteiger partial charge in [-0.2, -0.15) is 0 Å². The van der Waals surface area contributed by atoms with Crippen molar-refractivity contribution in [3.63, 3.8) is 0 Å². The number of fused-ring (bicyclic) bond motifs is 2. The molecular weight excluding hydrogens is 665 g/mol. The maximum absolute atomic E-state index is 10.9. The highest BCUT2D eigenvalue weighted by molar-refractivity contribution is 9.09. The second kappa shape index (κ2) is 20.4. The molecule has 9 heteroatoms. The molecule has 0 bridgehead atoms. The van der Waals surface area contributed by atoms with Gasteiger partial charge in [0.15, 0.2) is 0 Å². The van der Waals surface area contributed by atoms with E-state index in [0.29, 0.717) is 21.2 Å². The summed E-state index contributed by atoms with van der Waals surface area (Å²) < 4.78 is 0. The molecule has 0 radical (unpaired) electrons. The molecule has 2 N–H and O–H groups in total. The van der Waals surface area contributed by atoms with Gasteiger partial charge in [-0.1, -0.05) is 99.3 Å². The fourth-order valence-corrected chi connectivity index (χ4v) is 5.08. The molecule has 1 aromatic heterocycles. The summed E-state index contributed by atoms with van der Waals surface area (Å²) in [5.41, 5.74) is 1.77. The first-order chi connectivity index (χ1) is 19.0. The number of imide groups is 1. The van der Waals surface area contributed by atoms with Gasteiger partial charge in [0.25, 0.3) is 11.8 Å². The molecule has 3 heterocycles. The number of hydrogen-bond donors (Lipinski definition) is 2. The fraction of sp³-hybridized carbons (Fsp3) is 0.433. The summed E-state index contributed by atoms with van der Waals surface area (Å²) in [6.45, 7) is 2.50. The summed E-state index contributed by atoms with van der Waals surface area (Å²) in [5, 5.41) is 10.2. The zero-order valence-corrected chi connectivity index (χ0v) is 26.8. The van der Waals surface area contributed by atoms with Crippen LogP contribution in [0.15, 0.2) is 54.7 Å². The predicted octanol–water partition coefficient (Wildman–Crippen LogP) is 8.99. The molecule has 2 amide bonds. The van der Waals surface area contributed by atoms with Crippen molar-refractivity contribution < 1.29 is 9.59 Å². The topological polar surface area (TPSA) is 71.1 Å². The average molecular weight is 702 g/mol.